The van der Waals surface area contributed by atoms with E-state index >= 15 is 0 Å². The lowest BCUT2D eigenvalue weighted by Gasteiger charge is -2.08. The van der Waals surface area contributed by atoms with E-state index in [4.69, 9.17) is 0 Å². The summed E-state index contributed by atoms with van der Waals surface area (Å²) in [5, 5.41) is 6.26. The van der Waals surface area contributed by atoms with Crippen LogP contribution in [0.3, 0.4) is 0 Å². The van der Waals surface area contributed by atoms with Crippen molar-refractivity contribution in [3.05, 3.63) is 21.9 Å². The minimum absolute atomic E-state index is 0. The van der Waals surface area contributed by atoms with Gasteiger partial charge in [0.2, 0.25) is 5.91 Å². The number of halogens is 1. The Morgan fingerprint density at radius 1 is 1.59 bits per heavy atom. The fourth-order valence-corrected chi connectivity index (χ4v) is 2.82. The van der Waals surface area contributed by atoms with Crippen molar-refractivity contribution >= 4 is 29.7 Å². The molecule has 2 heterocycles. The van der Waals surface area contributed by atoms with Gasteiger partial charge < -0.3 is 10.6 Å². The number of aryl methyl sites for hydroxylation is 1. The second-order valence-electron chi connectivity index (χ2n) is 4.35. The minimum atomic E-state index is 0. The van der Waals surface area contributed by atoms with Gasteiger partial charge in [-0.15, -0.1) is 23.7 Å². The monoisotopic (exact) mass is 274 g/mol. The Balaban J connectivity index is 0.00000144. The van der Waals surface area contributed by atoms with Gasteiger partial charge >= 0.3 is 0 Å². The number of hydrogen-bond donors (Lipinski definition) is 2. The first-order valence-corrected chi connectivity index (χ1v) is 6.58. The van der Waals surface area contributed by atoms with Gasteiger partial charge in [-0.3, -0.25) is 4.79 Å². The maximum Gasteiger partial charge on any atom is 0.220 e. The summed E-state index contributed by atoms with van der Waals surface area (Å²) >= 11 is 1.75. The van der Waals surface area contributed by atoms with Gasteiger partial charge in [-0.1, -0.05) is 0 Å². The molecule has 1 aromatic heterocycles. The highest BCUT2D eigenvalue weighted by atomic mass is 35.5. The summed E-state index contributed by atoms with van der Waals surface area (Å²) in [6.07, 6.45) is 1.79. The summed E-state index contributed by atoms with van der Waals surface area (Å²) in [7, 11) is 0. The van der Waals surface area contributed by atoms with Crippen LogP contribution in [0.5, 0.6) is 0 Å². The van der Waals surface area contributed by atoms with Gasteiger partial charge in [-0.05, 0) is 44.5 Å². The molecule has 1 aliphatic rings. The highest BCUT2D eigenvalue weighted by molar-refractivity contribution is 7.11. The SMILES string of the molecule is Cc1ccc(CNC(=O)CC2CCNC2)s1.Cl. The zero-order valence-corrected chi connectivity index (χ0v) is 11.6. The van der Waals surface area contributed by atoms with Crippen LogP contribution in [0.1, 0.15) is 22.6 Å². The predicted molar refractivity (Wildman–Crippen MR) is 73.7 cm³/mol. The van der Waals surface area contributed by atoms with Crippen molar-refractivity contribution in [1.82, 2.24) is 10.6 Å². The average Bonchev–Trinajstić information content (AvgIpc) is 2.87. The second-order valence-corrected chi connectivity index (χ2v) is 5.72. The zero-order chi connectivity index (χ0) is 11.4. The molecule has 2 N–H and O–H groups in total. The maximum atomic E-state index is 11.6. The molecule has 1 aliphatic heterocycles. The summed E-state index contributed by atoms with van der Waals surface area (Å²) in [4.78, 5) is 14.2. The lowest BCUT2D eigenvalue weighted by Crippen LogP contribution is -2.25. The first-order chi connectivity index (χ1) is 7.74. The van der Waals surface area contributed by atoms with E-state index in [0.29, 0.717) is 18.9 Å². The van der Waals surface area contributed by atoms with Crippen molar-refractivity contribution in [1.29, 1.82) is 0 Å². The van der Waals surface area contributed by atoms with E-state index in [0.717, 1.165) is 19.5 Å². The van der Waals surface area contributed by atoms with E-state index in [2.05, 4.69) is 29.7 Å². The molecule has 1 fully saturated rings. The van der Waals surface area contributed by atoms with Crippen LogP contribution in [0.15, 0.2) is 12.1 Å². The summed E-state index contributed by atoms with van der Waals surface area (Å²) in [6, 6.07) is 4.17. The summed E-state index contributed by atoms with van der Waals surface area (Å²) in [6.45, 7) is 4.81. The van der Waals surface area contributed by atoms with E-state index in [1.807, 2.05) is 0 Å². The molecule has 0 radical (unpaired) electrons. The van der Waals surface area contributed by atoms with Crippen LogP contribution in [-0.2, 0) is 11.3 Å². The molecule has 5 heteroatoms. The number of thiophene rings is 1. The van der Waals surface area contributed by atoms with Gasteiger partial charge in [0.15, 0.2) is 0 Å². The topological polar surface area (TPSA) is 41.1 Å². The van der Waals surface area contributed by atoms with Gasteiger partial charge in [0.1, 0.15) is 0 Å². The van der Waals surface area contributed by atoms with Gasteiger partial charge in [0.05, 0.1) is 6.54 Å². The quantitative estimate of drug-likeness (QED) is 0.883. The largest absolute Gasteiger partial charge is 0.351 e. The average molecular weight is 275 g/mol. The molecule has 0 aromatic carbocycles. The lowest BCUT2D eigenvalue weighted by atomic mass is 10.0. The Bertz CT molecular complexity index is 361. The van der Waals surface area contributed by atoms with Crippen molar-refractivity contribution in [3.8, 4) is 0 Å². The number of rotatable bonds is 4. The summed E-state index contributed by atoms with van der Waals surface area (Å²) in [5.74, 6) is 0.713. The Labute approximate surface area is 112 Å². The molecule has 0 bridgehead atoms. The number of nitrogens with one attached hydrogen (secondary N) is 2. The minimum Gasteiger partial charge on any atom is -0.351 e. The Morgan fingerprint density at radius 3 is 3.00 bits per heavy atom. The molecule has 3 nitrogen and oxygen atoms in total. The van der Waals surface area contributed by atoms with Gasteiger partial charge in [0.25, 0.3) is 0 Å². The molecule has 17 heavy (non-hydrogen) atoms. The molecule has 0 spiro atoms. The second kappa shape index (κ2) is 6.99. The van der Waals surface area contributed by atoms with E-state index in [1.54, 1.807) is 11.3 Å². The number of carbonyl (C=O) groups excluding carboxylic acids is 1. The van der Waals surface area contributed by atoms with Crippen molar-refractivity contribution in [2.45, 2.75) is 26.3 Å². The molecule has 2 rings (SSSR count). The van der Waals surface area contributed by atoms with Crippen LogP contribution < -0.4 is 10.6 Å². The molecule has 1 saturated heterocycles. The first kappa shape index (κ1) is 14.5. The van der Waals surface area contributed by atoms with Gasteiger partial charge in [-0.25, -0.2) is 0 Å². The van der Waals surface area contributed by atoms with Crippen LogP contribution >= 0.6 is 23.7 Å². The summed E-state index contributed by atoms with van der Waals surface area (Å²) < 4.78 is 0. The smallest absolute Gasteiger partial charge is 0.220 e. The first-order valence-electron chi connectivity index (χ1n) is 5.77. The van der Waals surface area contributed by atoms with Crippen LogP contribution in [0.4, 0.5) is 0 Å². The highest BCUT2D eigenvalue weighted by Gasteiger charge is 2.17. The van der Waals surface area contributed by atoms with E-state index in [1.165, 1.54) is 9.75 Å². The van der Waals surface area contributed by atoms with Crippen LogP contribution in [-0.4, -0.2) is 19.0 Å². The van der Waals surface area contributed by atoms with Crippen molar-refractivity contribution in [2.24, 2.45) is 5.92 Å². The highest BCUT2D eigenvalue weighted by Crippen LogP contribution is 2.15. The standard InChI is InChI=1S/C12H18N2OS.ClH/c1-9-2-3-11(16-9)8-14-12(15)6-10-4-5-13-7-10;/h2-3,10,13H,4-8H2,1H3,(H,14,15);1H. The van der Waals surface area contributed by atoms with Gasteiger partial charge in [0, 0.05) is 16.2 Å². The maximum absolute atomic E-state index is 11.6. The Morgan fingerprint density at radius 2 is 2.41 bits per heavy atom. The van der Waals surface area contributed by atoms with E-state index < -0.39 is 0 Å². The van der Waals surface area contributed by atoms with Crippen LogP contribution in [0.2, 0.25) is 0 Å². The molecule has 0 aliphatic carbocycles. The molecule has 96 valence electrons. The number of hydrogen-bond acceptors (Lipinski definition) is 3. The fourth-order valence-electron chi connectivity index (χ4n) is 1.99. The molecular weight excluding hydrogens is 256 g/mol. The molecule has 1 atom stereocenters. The van der Waals surface area contributed by atoms with E-state index in [9.17, 15) is 4.79 Å². The van der Waals surface area contributed by atoms with Crippen molar-refractivity contribution in [2.75, 3.05) is 13.1 Å². The molecular formula is C12H19ClN2OS. The molecule has 0 saturated carbocycles. The zero-order valence-electron chi connectivity index (χ0n) is 9.99. The third-order valence-electron chi connectivity index (χ3n) is 2.89. The predicted octanol–water partition coefficient (Wildman–Crippen LogP) is 2.09. The number of carbonyl (C=O) groups is 1. The lowest BCUT2D eigenvalue weighted by molar-refractivity contribution is -0.122. The molecule has 1 amide bonds. The van der Waals surface area contributed by atoms with Gasteiger partial charge in [-0.2, -0.15) is 0 Å². The van der Waals surface area contributed by atoms with E-state index in [-0.39, 0.29) is 18.3 Å². The summed E-state index contributed by atoms with van der Waals surface area (Å²) in [5.41, 5.74) is 0. The normalized spacial score (nSPS) is 18.8. The fraction of sp³-hybridized carbons (Fsp3) is 0.583. The van der Waals surface area contributed by atoms with Crippen LogP contribution in [0.25, 0.3) is 0 Å². The van der Waals surface area contributed by atoms with Crippen molar-refractivity contribution < 1.29 is 4.79 Å². The van der Waals surface area contributed by atoms with Crippen molar-refractivity contribution in [3.63, 3.8) is 0 Å². The van der Waals surface area contributed by atoms with Crippen LogP contribution in [0, 0.1) is 12.8 Å². The third kappa shape index (κ3) is 4.66. The molecule has 1 aromatic rings. The molecule has 1 unspecified atom stereocenters. The third-order valence-corrected chi connectivity index (χ3v) is 3.89. The Hall–Kier alpha value is -0.580. The Kier molecular flexibility index (Phi) is 5.95. The number of amides is 1.